The maximum absolute atomic E-state index is 12.0. The minimum atomic E-state index is -0.114. The average molecular weight is 222 g/mol. The predicted octanol–water partition coefficient (Wildman–Crippen LogP) is 1.39. The van der Waals surface area contributed by atoms with Gasteiger partial charge >= 0.3 is 0 Å². The monoisotopic (exact) mass is 222 g/mol. The van der Waals surface area contributed by atoms with Gasteiger partial charge in [0.25, 0.3) is 0 Å². The Hall–Kier alpha value is -1.01. The SMILES string of the molecule is C#CCC(CC)NC(C)C(=O)N1CCCC1. The normalized spacial score (nSPS) is 19.2. The maximum Gasteiger partial charge on any atom is 0.239 e. The molecular formula is C13H22N2O. The van der Waals surface area contributed by atoms with Crippen LogP contribution in [0.4, 0.5) is 0 Å². The third-order valence-electron chi connectivity index (χ3n) is 3.13. The summed E-state index contributed by atoms with van der Waals surface area (Å²) in [5.74, 6) is 2.86. The number of terminal acetylenes is 1. The molecule has 0 aromatic carbocycles. The molecular weight excluding hydrogens is 200 g/mol. The number of carbonyl (C=O) groups is 1. The van der Waals surface area contributed by atoms with Gasteiger partial charge in [0.2, 0.25) is 5.91 Å². The van der Waals surface area contributed by atoms with Crippen molar-refractivity contribution in [3.8, 4) is 12.3 Å². The van der Waals surface area contributed by atoms with Crippen molar-refractivity contribution in [2.45, 2.75) is 51.6 Å². The lowest BCUT2D eigenvalue weighted by molar-refractivity contribution is -0.132. The zero-order valence-electron chi connectivity index (χ0n) is 10.3. The highest BCUT2D eigenvalue weighted by atomic mass is 16.2. The summed E-state index contributed by atoms with van der Waals surface area (Å²) in [6, 6.07) is 0.142. The molecule has 1 aliphatic heterocycles. The Kier molecular flexibility index (Phi) is 5.34. The molecule has 16 heavy (non-hydrogen) atoms. The predicted molar refractivity (Wildman–Crippen MR) is 65.9 cm³/mol. The van der Waals surface area contributed by atoms with Crippen LogP contribution in [0.1, 0.15) is 39.5 Å². The minimum absolute atomic E-state index is 0.114. The van der Waals surface area contributed by atoms with Gasteiger partial charge in [-0.25, -0.2) is 0 Å². The van der Waals surface area contributed by atoms with E-state index in [-0.39, 0.29) is 18.0 Å². The van der Waals surface area contributed by atoms with Crippen LogP contribution in [0.15, 0.2) is 0 Å². The Bertz CT molecular complexity index is 264. The van der Waals surface area contributed by atoms with Crippen LogP contribution in [-0.4, -0.2) is 36.0 Å². The molecule has 2 atom stereocenters. The first kappa shape index (κ1) is 13.1. The summed E-state index contributed by atoms with van der Waals surface area (Å²) in [5, 5.41) is 3.31. The van der Waals surface area contributed by atoms with Crippen LogP contribution >= 0.6 is 0 Å². The van der Waals surface area contributed by atoms with E-state index < -0.39 is 0 Å². The van der Waals surface area contributed by atoms with Crippen LogP contribution in [0.2, 0.25) is 0 Å². The number of amides is 1. The van der Waals surface area contributed by atoms with E-state index in [1.165, 1.54) is 0 Å². The fraction of sp³-hybridized carbons (Fsp3) is 0.769. The van der Waals surface area contributed by atoms with Gasteiger partial charge in [-0.2, -0.15) is 0 Å². The number of rotatable bonds is 5. The van der Waals surface area contributed by atoms with Gasteiger partial charge in [0, 0.05) is 25.6 Å². The lowest BCUT2D eigenvalue weighted by atomic mass is 10.1. The number of nitrogens with one attached hydrogen (secondary N) is 1. The summed E-state index contributed by atoms with van der Waals surface area (Å²) < 4.78 is 0. The van der Waals surface area contributed by atoms with Gasteiger partial charge in [0.15, 0.2) is 0 Å². The third-order valence-corrected chi connectivity index (χ3v) is 3.13. The fourth-order valence-corrected chi connectivity index (χ4v) is 2.10. The van der Waals surface area contributed by atoms with Gasteiger partial charge in [-0.3, -0.25) is 4.79 Å². The number of hydrogen-bond acceptors (Lipinski definition) is 2. The molecule has 0 radical (unpaired) electrons. The average Bonchev–Trinajstić information content (AvgIpc) is 2.80. The first-order valence-electron chi connectivity index (χ1n) is 6.17. The largest absolute Gasteiger partial charge is 0.341 e. The van der Waals surface area contributed by atoms with Crippen LogP contribution in [0, 0.1) is 12.3 Å². The first-order chi connectivity index (χ1) is 7.69. The second kappa shape index (κ2) is 6.55. The number of hydrogen-bond donors (Lipinski definition) is 1. The van der Waals surface area contributed by atoms with Gasteiger partial charge in [-0.15, -0.1) is 12.3 Å². The van der Waals surface area contributed by atoms with Crippen LogP contribution in [-0.2, 0) is 4.79 Å². The Morgan fingerprint density at radius 2 is 2.12 bits per heavy atom. The second-order valence-electron chi connectivity index (χ2n) is 4.43. The Morgan fingerprint density at radius 1 is 1.50 bits per heavy atom. The minimum Gasteiger partial charge on any atom is -0.341 e. The number of nitrogens with zero attached hydrogens (tertiary/aromatic N) is 1. The van der Waals surface area contributed by atoms with Crippen molar-refractivity contribution in [2.75, 3.05) is 13.1 Å². The molecule has 0 saturated carbocycles. The van der Waals surface area contributed by atoms with Crippen molar-refractivity contribution in [3.05, 3.63) is 0 Å². The molecule has 3 nitrogen and oxygen atoms in total. The van der Waals surface area contributed by atoms with Crippen molar-refractivity contribution >= 4 is 5.91 Å². The lowest BCUT2D eigenvalue weighted by Gasteiger charge is -2.24. The summed E-state index contributed by atoms with van der Waals surface area (Å²) in [5.41, 5.74) is 0. The number of likely N-dealkylation sites (tertiary alicyclic amines) is 1. The maximum atomic E-state index is 12.0. The molecule has 3 heteroatoms. The standard InChI is InChI=1S/C13H22N2O/c1-4-8-12(5-2)14-11(3)13(16)15-9-6-7-10-15/h1,11-12,14H,5-10H2,2-3H3. The molecule has 0 aliphatic carbocycles. The zero-order chi connectivity index (χ0) is 12.0. The topological polar surface area (TPSA) is 32.3 Å². The van der Waals surface area contributed by atoms with Gasteiger partial charge in [-0.05, 0) is 26.2 Å². The van der Waals surface area contributed by atoms with Crippen molar-refractivity contribution in [1.29, 1.82) is 0 Å². The van der Waals surface area contributed by atoms with Crippen molar-refractivity contribution in [1.82, 2.24) is 10.2 Å². The highest BCUT2D eigenvalue weighted by Gasteiger charge is 2.24. The van der Waals surface area contributed by atoms with Crippen LogP contribution < -0.4 is 5.32 Å². The van der Waals surface area contributed by atoms with Crippen molar-refractivity contribution in [2.24, 2.45) is 0 Å². The molecule has 90 valence electrons. The molecule has 1 saturated heterocycles. The van der Waals surface area contributed by atoms with E-state index in [4.69, 9.17) is 6.42 Å². The van der Waals surface area contributed by atoms with Crippen LogP contribution in [0.5, 0.6) is 0 Å². The van der Waals surface area contributed by atoms with E-state index in [1.807, 2.05) is 11.8 Å². The second-order valence-corrected chi connectivity index (χ2v) is 4.43. The highest BCUT2D eigenvalue weighted by molar-refractivity contribution is 5.81. The van der Waals surface area contributed by atoms with E-state index in [9.17, 15) is 4.79 Å². The summed E-state index contributed by atoms with van der Waals surface area (Å²) in [7, 11) is 0. The van der Waals surface area contributed by atoms with Gasteiger partial charge < -0.3 is 10.2 Å². The molecule has 1 N–H and O–H groups in total. The molecule has 2 unspecified atom stereocenters. The molecule has 0 spiro atoms. The number of carbonyl (C=O) groups excluding carboxylic acids is 1. The third kappa shape index (κ3) is 3.53. The smallest absolute Gasteiger partial charge is 0.239 e. The van der Waals surface area contributed by atoms with E-state index in [1.54, 1.807) is 0 Å². The summed E-state index contributed by atoms with van der Waals surface area (Å²) >= 11 is 0. The van der Waals surface area contributed by atoms with Crippen molar-refractivity contribution in [3.63, 3.8) is 0 Å². The summed E-state index contributed by atoms with van der Waals surface area (Å²) in [6.07, 6.45) is 9.22. The molecule has 1 aliphatic rings. The highest BCUT2D eigenvalue weighted by Crippen LogP contribution is 2.09. The van der Waals surface area contributed by atoms with E-state index in [0.29, 0.717) is 6.42 Å². The van der Waals surface area contributed by atoms with Gasteiger partial charge in [0.1, 0.15) is 0 Å². The molecule has 1 amide bonds. The molecule has 0 aromatic heterocycles. The first-order valence-corrected chi connectivity index (χ1v) is 6.17. The quantitative estimate of drug-likeness (QED) is 0.713. The molecule has 1 heterocycles. The van der Waals surface area contributed by atoms with Gasteiger partial charge in [-0.1, -0.05) is 6.92 Å². The summed E-state index contributed by atoms with van der Waals surface area (Å²) in [4.78, 5) is 14.0. The fourth-order valence-electron chi connectivity index (χ4n) is 2.10. The van der Waals surface area contributed by atoms with Crippen molar-refractivity contribution < 1.29 is 4.79 Å². The lowest BCUT2D eigenvalue weighted by Crippen LogP contribution is -2.47. The van der Waals surface area contributed by atoms with E-state index >= 15 is 0 Å². The van der Waals surface area contributed by atoms with Gasteiger partial charge in [0.05, 0.1) is 6.04 Å². The molecule has 0 bridgehead atoms. The zero-order valence-corrected chi connectivity index (χ0v) is 10.3. The Balaban J connectivity index is 2.40. The van der Waals surface area contributed by atoms with Crippen LogP contribution in [0.3, 0.4) is 0 Å². The molecule has 1 fully saturated rings. The Labute approximate surface area is 98.6 Å². The van der Waals surface area contributed by atoms with Crippen LogP contribution in [0.25, 0.3) is 0 Å². The molecule has 0 aromatic rings. The Morgan fingerprint density at radius 3 is 2.62 bits per heavy atom. The van der Waals surface area contributed by atoms with E-state index in [0.717, 1.165) is 32.4 Å². The molecule has 1 rings (SSSR count). The summed E-state index contributed by atoms with van der Waals surface area (Å²) in [6.45, 7) is 5.84. The van der Waals surface area contributed by atoms with E-state index in [2.05, 4.69) is 18.2 Å².